The molecule has 28 heavy (non-hydrogen) atoms. The number of nitrogens with zero attached hydrogens (tertiary/aromatic N) is 1. The van der Waals surface area contributed by atoms with Gasteiger partial charge in [-0.15, -0.1) is 0 Å². The van der Waals surface area contributed by atoms with Crippen LogP contribution in [-0.2, 0) is 11.0 Å². The number of hydrogen-bond acceptors (Lipinski definition) is 4. The van der Waals surface area contributed by atoms with Crippen molar-refractivity contribution in [1.82, 2.24) is 10.3 Å². The fourth-order valence-electron chi connectivity index (χ4n) is 2.53. The lowest BCUT2D eigenvalue weighted by Gasteiger charge is -2.16. The Labute approximate surface area is 158 Å². The van der Waals surface area contributed by atoms with Gasteiger partial charge in [-0.1, -0.05) is 6.08 Å². The average Bonchev–Trinajstić information content (AvgIpc) is 2.63. The van der Waals surface area contributed by atoms with Crippen LogP contribution >= 0.6 is 0 Å². The number of carbonyl (C=O) groups is 2. The van der Waals surface area contributed by atoms with Crippen molar-refractivity contribution >= 4 is 11.7 Å². The molecule has 0 atom stereocenters. The number of pyridine rings is 1. The number of carbonyl (C=O) groups excluding carboxylic acids is 2. The monoisotopic (exact) mass is 388 g/mol. The summed E-state index contributed by atoms with van der Waals surface area (Å²) in [6.45, 7) is 1.63. The van der Waals surface area contributed by atoms with Crippen LogP contribution in [0.25, 0.3) is 0 Å². The first kappa shape index (κ1) is 19.3. The minimum atomic E-state index is -4.60. The van der Waals surface area contributed by atoms with Gasteiger partial charge in [0.2, 0.25) is 0 Å². The molecule has 1 N–H and O–H groups in total. The van der Waals surface area contributed by atoms with Gasteiger partial charge in [0.15, 0.2) is 5.78 Å². The molecule has 1 aliphatic rings. The maximum absolute atomic E-state index is 13.1. The van der Waals surface area contributed by atoms with Gasteiger partial charge < -0.3 is 10.1 Å². The largest absolute Gasteiger partial charge is 0.455 e. The zero-order valence-corrected chi connectivity index (χ0v) is 14.7. The van der Waals surface area contributed by atoms with Crippen molar-refractivity contribution < 1.29 is 27.5 Å². The number of ether oxygens (including phenoxy) is 1. The summed E-state index contributed by atoms with van der Waals surface area (Å²) < 4.78 is 44.9. The van der Waals surface area contributed by atoms with Gasteiger partial charge in [0.1, 0.15) is 11.5 Å². The summed E-state index contributed by atoms with van der Waals surface area (Å²) in [6, 6.07) is 5.70. The molecule has 1 heterocycles. The van der Waals surface area contributed by atoms with Crippen LogP contribution < -0.4 is 10.1 Å². The van der Waals surface area contributed by atoms with Gasteiger partial charge >= 0.3 is 6.18 Å². The third kappa shape index (κ3) is 4.46. The highest BCUT2D eigenvalue weighted by atomic mass is 19.4. The number of benzene rings is 1. The third-order valence-electron chi connectivity index (χ3n) is 3.92. The van der Waals surface area contributed by atoms with Crippen LogP contribution in [0, 0.1) is 6.92 Å². The van der Waals surface area contributed by atoms with E-state index in [4.69, 9.17) is 4.74 Å². The van der Waals surface area contributed by atoms with E-state index in [1.165, 1.54) is 18.3 Å². The molecule has 8 heteroatoms. The van der Waals surface area contributed by atoms with Crippen LogP contribution in [0.15, 0.2) is 60.5 Å². The smallest absolute Gasteiger partial charge is 0.416 e. The fourth-order valence-corrected chi connectivity index (χ4v) is 2.53. The zero-order chi connectivity index (χ0) is 20.3. The van der Waals surface area contributed by atoms with Crippen LogP contribution in [0.2, 0.25) is 0 Å². The molecule has 0 saturated heterocycles. The van der Waals surface area contributed by atoms with Gasteiger partial charge in [-0.05, 0) is 43.3 Å². The Morgan fingerprint density at radius 2 is 2.00 bits per heavy atom. The summed E-state index contributed by atoms with van der Waals surface area (Å²) in [5.41, 5.74) is -0.351. The highest BCUT2D eigenvalue weighted by molar-refractivity contribution is 6.00. The van der Waals surface area contributed by atoms with Gasteiger partial charge in [-0.2, -0.15) is 13.2 Å². The van der Waals surface area contributed by atoms with E-state index in [-0.39, 0.29) is 35.0 Å². The molecule has 5 nitrogen and oxygen atoms in total. The molecule has 2 aromatic rings. The van der Waals surface area contributed by atoms with E-state index in [0.717, 1.165) is 18.2 Å². The molecule has 3 rings (SSSR count). The lowest BCUT2D eigenvalue weighted by molar-refractivity contribution is -0.137. The second-order valence-electron chi connectivity index (χ2n) is 6.02. The summed E-state index contributed by atoms with van der Waals surface area (Å²) in [4.78, 5) is 28.1. The van der Waals surface area contributed by atoms with E-state index in [1.54, 1.807) is 25.1 Å². The van der Waals surface area contributed by atoms with E-state index in [2.05, 4.69) is 10.3 Å². The van der Waals surface area contributed by atoms with Gasteiger partial charge in [0.25, 0.3) is 5.91 Å². The first-order chi connectivity index (χ1) is 13.2. The number of aryl methyl sites for hydroxylation is 1. The average molecular weight is 388 g/mol. The van der Waals surface area contributed by atoms with Gasteiger partial charge in [0.05, 0.1) is 16.8 Å². The predicted octanol–water partition coefficient (Wildman–Crippen LogP) is 4.34. The SMILES string of the molecule is Cc1ncccc1Oc1cc(C(F)(F)F)ccc1C(=O)NC1=CC(=O)CC=C1. The Morgan fingerprint density at radius 1 is 1.21 bits per heavy atom. The number of halogens is 3. The summed E-state index contributed by atoms with van der Waals surface area (Å²) in [5.74, 6) is -0.929. The number of aromatic nitrogens is 1. The third-order valence-corrected chi connectivity index (χ3v) is 3.92. The molecule has 0 saturated carbocycles. The van der Waals surface area contributed by atoms with Crippen molar-refractivity contribution in [3.8, 4) is 11.5 Å². The van der Waals surface area contributed by atoms with Crippen LogP contribution in [0.3, 0.4) is 0 Å². The number of amides is 1. The molecule has 144 valence electrons. The highest BCUT2D eigenvalue weighted by Gasteiger charge is 2.32. The number of nitrogens with one attached hydrogen (secondary N) is 1. The van der Waals surface area contributed by atoms with E-state index in [1.807, 2.05) is 0 Å². The quantitative estimate of drug-likeness (QED) is 0.846. The molecule has 1 aliphatic carbocycles. The van der Waals surface area contributed by atoms with Crippen molar-refractivity contribution in [3.63, 3.8) is 0 Å². The minimum Gasteiger partial charge on any atom is -0.455 e. The molecule has 0 radical (unpaired) electrons. The minimum absolute atomic E-state index is 0.108. The summed E-state index contributed by atoms with van der Waals surface area (Å²) in [5, 5.41) is 2.50. The molecule has 0 bridgehead atoms. The standard InChI is InChI=1S/C20H15F3N2O3/c1-12-17(6-3-9-24-12)28-18-10-13(20(21,22)23)7-8-16(18)19(27)25-14-4-2-5-15(26)11-14/h2-4,6-11H,5H2,1H3,(H,25,27). The molecule has 1 aromatic carbocycles. The number of allylic oxidation sites excluding steroid dienone is 3. The van der Waals surface area contributed by atoms with Crippen molar-refractivity contribution in [2.45, 2.75) is 19.5 Å². The van der Waals surface area contributed by atoms with Crippen molar-refractivity contribution in [2.24, 2.45) is 0 Å². The Kier molecular flexibility index (Phi) is 5.30. The second-order valence-corrected chi connectivity index (χ2v) is 6.02. The topological polar surface area (TPSA) is 68.3 Å². The number of alkyl halides is 3. The molecule has 1 aromatic heterocycles. The molecular formula is C20H15F3N2O3. The first-order valence-corrected chi connectivity index (χ1v) is 8.27. The fraction of sp³-hybridized carbons (Fsp3) is 0.150. The normalized spacial score (nSPS) is 13.9. The Morgan fingerprint density at radius 3 is 2.68 bits per heavy atom. The molecular weight excluding hydrogens is 373 g/mol. The molecule has 0 fully saturated rings. The summed E-state index contributed by atoms with van der Waals surface area (Å²) in [6.07, 6.45) is 1.54. The van der Waals surface area contributed by atoms with Gasteiger partial charge in [-0.3, -0.25) is 14.6 Å². The maximum Gasteiger partial charge on any atom is 0.416 e. The lowest BCUT2D eigenvalue weighted by Crippen LogP contribution is -2.24. The van der Waals surface area contributed by atoms with Gasteiger partial charge in [-0.25, -0.2) is 0 Å². The van der Waals surface area contributed by atoms with Crippen molar-refractivity contribution in [2.75, 3.05) is 0 Å². The van der Waals surface area contributed by atoms with E-state index in [9.17, 15) is 22.8 Å². The molecule has 0 aliphatic heterocycles. The lowest BCUT2D eigenvalue weighted by atomic mass is 10.1. The highest BCUT2D eigenvalue weighted by Crippen LogP contribution is 2.35. The Hall–Kier alpha value is -3.42. The van der Waals surface area contributed by atoms with E-state index in [0.29, 0.717) is 5.69 Å². The van der Waals surface area contributed by atoms with Crippen molar-refractivity contribution in [1.29, 1.82) is 0 Å². The van der Waals surface area contributed by atoms with E-state index >= 15 is 0 Å². The van der Waals surface area contributed by atoms with Crippen molar-refractivity contribution in [3.05, 3.63) is 77.3 Å². The summed E-state index contributed by atoms with van der Waals surface area (Å²) >= 11 is 0. The second kappa shape index (κ2) is 7.67. The Balaban J connectivity index is 1.97. The maximum atomic E-state index is 13.1. The molecule has 1 amide bonds. The predicted molar refractivity (Wildman–Crippen MR) is 94.8 cm³/mol. The van der Waals surface area contributed by atoms with Crippen LogP contribution in [0.5, 0.6) is 11.5 Å². The van der Waals surface area contributed by atoms with Crippen LogP contribution in [0.1, 0.15) is 28.0 Å². The Bertz CT molecular complexity index is 994. The van der Waals surface area contributed by atoms with Gasteiger partial charge in [0, 0.05) is 24.4 Å². The van der Waals surface area contributed by atoms with Crippen LogP contribution in [0.4, 0.5) is 13.2 Å². The zero-order valence-electron chi connectivity index (χ0n) is 14.7. The molecule has 0 spiro atoms. The molecule has 0 unspecified atom stereocenters. The number of ketones is 1. The van der Waals surface area contributed by atoms with Crippen LogP contribution in [-0.4, -0.2) is 16.7 Å². The first-order valence-electron chi connectivity index (χ1n) is 8.27. The number of rotatable bonds is 4. The van der Waals surface area contributed by atoms with E-state index < -0.39 is 17.6 Å². The summed E-state index contributed by atoms with van der Waals surface area (Å²) in [7, 11) is 0. The number of hydrogen-bond donors (Lipinski definition) is 1.